The molecule has 3 atom stereocenters. The molecule has 0 bridgehead atoms. The zero-order valence-electron chi connectivity index (χ0n) is 9.13. The molecule has 1 spiro atoms. The molecule has 1 saturated heterocycles. The Morgan fingerprint density at radius 1 is 1.43 bits per heavy atom. The van der Waals surface area contributed by atoms with Crippen LogP contribution in [0, 0.1) is 16.7 Å². The molecule has 1 saturated carbocycles. The predicted octanol–water partition coefficient (Wildman–Crippen LogP) is 1.49. The van der Waals surface area contributed by atoms with Crippen molar-refractivity contribution in [3.63, 3.8) is 0 Å². The van der Waals surface area contributed by atoms with Crippen molar-refractivity contribution in [1.29, 1.82) is 0 Å². The summed E-state index contributed by atoms with van der Waals surface area (Å²) in [4.78, 5) is 10.8. The fourth-order valence-electron chi connectivity index (χ4n) is 3.05. The van der Waals surface area contributed by atoms with Gasteiger partial charge in [0.05, 0.1) is 0 Å². The second kappa shape index (κ2) is 2.72. The highest BCUT2D eigenvalue weighted by Gasteiger charge is 2.62. The van der Waals surface area contributed by atoms with Crippen molar-refractivity contribution < 1.29 is 9.90 Å². The maximum Gasteiger partial charge on any atom is 0.320 e. The molecule has 0 amide bonds. The van der Waals surface area contributed by atoms with Crippen molar-refractivity contribution >= 4 is 5.97 Å². The molecule has 2 aliphatic rings. The van der Waals surface area contributed by atoms with Gasteiger partial charge in [-0.2, -0.15) is 0 Å². The van der Waals surface area contributed by atoms with E-state index in [-0.39, 0.29) is 6.04 Å². The Hall–Kier alpha value is -0.570. The number of hydrogen-bond acceptors (Lipinski definition) is 2. The SMILES string of the molecule is CC(C)(C)[C@H]1CC12CN[C@H](C(=O)O)C2. The third kappa shape index (κ3) is 1.44. The molecule has 1 heterocycles. The average Bonchev–Trinajstić information content (AvgIpc) is 2.52. The van der Waals surface area contributed by atoms with Crippen LogP contribution in [-0.2, 0) is 4.79 Å². The van der Waals surface area contributed by atoms with E-state index in [4.69, 9.17) is 5.11 Å². The monoisotopic (exact) mass is 197 g/mol. The predicted molar refractivity (Wildman–Crippen MR) is 54.0 cm³/mol. The van der Waals surface area contributed by atoms with E-state index in [0.717, 1.165) is 13.0 Å². The third-order valence-electron chi connectivity index (χ3n) is 3.84. The Morgan fingerprint density at radius 3 is 2.43 bits per heavy atom. The summed E-state index contributed by atoms with van der Waals surface area (Å²) in [5.74, 6) is 0.00767. The standard InChI is InChI=1S/C11H19NO2/c1-10(2,3)8-5-11(8)4-7(9(13)14)12-6-11/h7-8,12H,4-6H2,1-3H3,(H,13,14)/t7-,8+,11?/m0/s1. The van der Waals surface area contributed by atoms with Crippen LogP contribution in [0.3, 0.4) is 0 Å². The number of aliphatic carboxylic acids is 1. The molecule has 0 aromatic carbocycles. The fourth-order valence-corrected chi connectivity index (χ4v) is 3.05. The summed E-state index contributed by atoms with van der Waals surface area (Å²) in [5.41, 5.74) is 0.635. The van der Waals surface area contributed by atoms with Crippen molar-refractivity contribution in [3.8, 4) is 0 Å². The highest BCUT2D eigenvalue weighted by Crippen LogP contribution is 2.64. The smallest absolute Gasteiger partial charge is 0.320 e. The highest BCUT2D eigenvalue weighted by atomic mass is 16.4. The van der Waals surface area contributed by atoms with Gasteiger partial charge in [0.1, 0.15) is 6.04 Å². The number of hydrogen-bond donors (Lipinski definition) is 2. The molecule has 0 aromatic rings. The lowest BCUT2D eigenvalue weighted by Crippen LogP contribution is -2.29. The molecule has 1 aliphatic carbocycles. The number of carbonyl (C=O) groups is 1. The molecule has 2 rings (SSSR count). The first-order chi connectivity index (χ1) is 6.35. The number of carboxylic acid groups (broad SMARTS) is 1. The summed E-state index contributed by atoms with van der Waals surface area (Å²) in [7, 11) is 0. The minimum Gasteiger partial charge on any atom is -0.480 e. The molecule has 3 nitrogen and oxygen atoms in total. The molecule has 1 unspecified atom stereocenters. The van der Waals surface area contributed by atoms with Crippen LogP contribution in [0.2, 0.25) is 0 Å². The minimum atomic E-state index is -0.693. The lowest BCUT2D eigenvalue weighted by Gasteiger charge is -2.21. The van der Waals surface area contributed by atoms with E-state index in [1.165, 1.54) is 6.42 Å². The van der Waals surface area contributed by atoms with Gasteiger partial charge >= 0.3 is 5.97 Å². The number of carboxylic acids is 1. The van der Waals surface area contributed by atoms with Crippen LogP contribution in [0.25, 0.3) is 0 Å². The molecule has 2 N–H and O–H groups in total. The van der Waals surface area contributed by atoms with Gasteiger partial charge < -0.3 is 10.4 Å². The van der Waals surface area contributed by atoms with Gasteiger partial charge in [-0.05, 0) is 29.6 Å². The summed E-state index contributed by atoms with van der Waals surface area (Å²) in [5, 5.41) is 12.0. The van der Waals surface area contributed by atoms with Gasteiger partial charge in [-0.3, -0.25) is 4.79 Å². The first-order valence-electron chi connectivity index (χ1n) is 5.31. The van der Waals surface area contributed by atoms with Gasteiger partial charge in [0.25, 0.3) is 0 Å². The van der Waals surface area contributed by atoms with Gasteiger partial charge in [0, 0.05) is 6.54 Å². The minimum absolute atomic E-state index is 0.303. The maximum absolute atomic E-state index is 10.8. The summed E-state index contributed by atoms with van der Waals surface area (Å²) < 4.78 is 0. The maximum atomic E-state index is 10.8. The van der Waals surface area contributed by atoms with Crippen LogP contribution in [0.15, 0.2) is 0 Å². The van der Waals surface area contributed by atoms with Crippen LogP contribution in [0.1, 0.15) is 33.6 Å². The van der Waals surface area contributed by atoms with E-state index in [9.17, 15) is 4.79 Å². The van der Waals surface area contributed by atoms with E-state index in [0.29, 0.717) is 16.7 Å². The van der Waals surface area contributed by atoms with Crippen LogP contribution in [0.5, 0.6) is 0 Å². The van der Waals surface area contributed by atoms with E-state index < -0.39 is 5.97 Å². The molecule has 3 heteroatoms. The van der Waals surface area contributed by atoms with E-state index in [2.05, 4.69) is 26.1 Å². The highest BCUT2D eigenvalue weighted by molar-refractivity contribution is 5.74. The summed E-state index contributed by atoms with van der Waals surface area (Å²) in [6, 6.07) is -0.303. The second-order valence-electron chi connectivity index (χ2n) is 5.96. The van der Waals surface area contributed by atoms with Crippen molar-refractivity contribution in [2.45, 2.75) is 39.7 Å². The Balaban J connectivity index is 2.01. The Morgan fingerprint density at radius 2 is 2.07 bits per heavy atom. The van der Waals surface area contributed by atoms with Gasteiger partial charge in [-0.15, -0.1) is 0 Å². The molecule has 1 aliphatic heterocycles. The Labute approximate surface area is 84.9 Å². The van der Waals surface area contributed by atoms with Crippen LogP contribution in [-0.4, -0.2) is 23.7 Å². The lowest BCUT2D eigenvalue weighted by molar-refractivity contribution is -0.139. The largest absolute Gasteiger partial charge is 0.480 e. The van der Waals surface area contributed by atoms with Crippen molar-refractivity contribution in [3.05, 3.63) is 0 Å². The van der Waals surface area contributed by atoms with Crippen molar-refractivity contribution in [1.82, 2.24) is 5.32 Å². The quantitative estimate of drug-likeness (QED) is 0.669. The van der Waals surface area contributed by atoms with Gasteiger partial charge in [-0.1, -0.05) is 20.8 Å². The van der Waals surface area contributed by atoms with E-state index >= 15 is 0 Å². The zero-order valence-corrected chi connectivity index (χ0v) is 9.13. The van der Waals surface area contributed by atoms with Crippen molar-refractivity contribution in [2.24, 2.45) is 16.7 Å². The second-order valence-corrected chi connectivity index (χ2v) is 5.96. The first-order valence-corrected chi connectivity index (χ1v) is 5.31. The van der Waals surface area contributed by atoms with Crippen LogP contribution in [0.4, 0.5) is 0 Å². The van der Waals surface area contributed by atoms with E-state index in [1.54, 1.807) is 0 Å². The normalized spacial score (nSPS) is 41.6. The Bertz CT molecular complexity index is 269. The van der Waals surface area contributed by atoms with Crippen LogP contribution < -0.4 is 5.32 Å². The molecule has 0 aromatic heterocycles. The number of rotatable bonds is 1. The number of nitrogens with one attached hydrogen (secondary N) is 1. The van der Waals surface area contributed by atoms with Crippen molar-refractivity contribution in [2.75, 3.05) is 6.54 Å². The lowest BCUT2D eigenvalue weighted by atomic mass is 9.83. The summed E-state index contributed by atoms with van der Waals surface area (Å²) in [6.07, 6.45) is 2.03. The molecular weight excluding hydrogens is 178 g/mol. The molecule has 14 heavy (non-hydrogen) atoms. The van der Waals surface area contributed by atoms with Gasteiger partial charge in [0.2, 0.25) is 0 Å². The van der Waals surface area contributed by atoms with Crippen LogP contribution >= 0.6 is 0 Å². The third-order valence-corrected chi connectivity index (χ3v) is 3.84. The zero-order chi connectivity index (χ0) is 10.6. The molecule has 2 fully saturated rings. The average molecular weight is 197 g/mol. The molecule has 0 radical (unpaired) electrons. The fraction of sp³-hybridized carbons (Fsp3) is 0.909. The summed E-state index contributed by atoms with van der Waals surface area (Å²) >= 11 is 0. The van der Waals surface area contributed by atoms with E-state index in [1.807, 2.05) is 0 Å². The van der Waals surface area contributed by atoms with Gasteiger partial charge in [0.15, 0.2) is 0 Å². The molecule has 80 valence electrons. The first kappa shape index (κ1) is 9.97. The topological polar surface area (TPSA) is 49.3 Å². The van der Waals surface area contributed by atoms with Gasteiger partial charge in [-0.25, -0.2) is 0 Å². The Kier molecular flexibility index (Phi) is 1.94. The molecular formula is C11H19NO2. The summed E-state index contributed by atoms with van der Waals surface area (Å²) in [6.45, 7) is 7.65.